The highest BCUT2D eigenvalue weighted by molar-refractivity contribution is 7.09. The van der Waals surface area contributed by atoms with E-state index in [4.69, 9.17) is 4.74 Å². The highest BCUT2D eigenvalue weighted by Crippen LogP contribution is 2.23. The van der Waals surface area contributed by atoms with Crippen LogP contribution in [0.25, 0.3) is 0 Å². The molecule has 2 unspecified atom stereocenters. The minimum absolute atomic E-state index is 0.155. The van der Waals surface area contributed by atoms with Crippen molar-refractivity contribution >= 4 is 17.4 Å². The van der Waals surface area contributed by atoms with Gasteiger partial charge < -0.3 is 15.0 Å². The second-order valence-electron chi connectivity index (χ2n) is 7.74. The Bertz CT molecular complexity index is 496. The molecule has 1 aliphatic heterocycles. The Morgan fingerprint density at radius 1 is 1.46 bits per heavy atom. The largest absolute Gasteiger partial charge is 0.444 e. The van der Waals surface area contributed by atoms with Crippen molar-refractivity contribution in [2.75, 3.05) is 13.1 Å². The van der Waals surface area contributed by atoms with Crippen LogP contribution in [0.4, 0.5) is 4.79 Å². The molecule has 1 amide bonds. The van der Waals surface area contributed by atoms with Gasteiger partial charge in [-0.3, -0.25) is 0 Å². The van der Waals surface area contributed by atoms with Crippen LogP contribution in [-0.2, 0) is 11.2 Å². The summed E-state index contributed by atoms with van der Waals surface area (Å²) in [6.07, 6.45) is 5.27. The molecular formula is C19H32N2O2S. The summed E-state index contributed by atoms with van der Waals surface area (Å²) in [6, 6.07) is 4.97. The van der Waals surface area contributed by atoms with Gasteiger partial charge in [0.15, 0.2) is 0 Å². The Morgan fingerprint density at radius 3 is 2.92 bits per heavy atom. The quantitative estimate of drug-likeness (QED) is 0.822. The summed E-state index contributed by atoms with van der Waals surface area (Å²) in [5.41, 5.74) is -0.427. The zero-order valence-electron chi connectivity index (χ0n) is 15.5. The van der Waals surface area contributed by atoms with Crippen LogP contribution in [0.15, 0.2) is 17.5 Å². The van der Waals surface area contributed by atoms with E-state index in [1.54, 1.807) is 0 Å². The molecule has 0 spiro atoms. The van der Waals surface area contributed by atoms with E-state index in [0.717, 1.165) is 38.8 Å². The molecule has 0 aromatic carbocycles. The monoisotopic (exact) mass is 352 g/mol. The number of piperidine rings is 1. The Morgan fingerprint density at radius 2 is 2.25 bits per heavy atom. The second-order valence-corrected chi connectivity index (χ2v) is 8.78. The fourth-order valence-corrected chi connectivity index (χ4v) is 3.90. The number of rotatable bonds is 6. The van der Waals surface area contributed by atoms with Crippen molar-refractivity contribution in [2.45, 2.75) is 77.5 Å². The average Bonchev–Trinajstić information content (AvgIpc) is 2.99. The Balaban J connectivity index is 1.80. The molecule has 0 radical (unpaired) electrons. The van der Waals surface area contributed by atoms with Crippen molar-refractivity contribution in [3.8, 4) is 0 Å². The SMILES string of the molecule is CC(CC1CCCCN1C(=O)OC(C)(C)C)NCCc1cccs1. The highest BCUT2D eigenvalue weighted by Gasteiger charge is 2.31. The van der Waals surface area contributed by atoms with Gasteiger partial charge in [-0.2, -0.15) is 0 Å². The number of likely N-dealkylation sites (tertiary alicyclic amines) is 1. The third-order valence-corrected chi connectivity index (χ3v) is 5.26. The molecule has 0 aliphatic carbocycles. The van der Waals surface area contributed by atoms with Crippen molar-refractivity contribution in [2.24, 2.45) is 0 Å². The van der Waals surface area contributed by atoms with E-state index < -0.39 is 5.60 Å². The van der Waals surface area contributed by atoms with Crippen LogP contribution in [0.5, 0.6) is 0 Å². The van der Waals surface area contributed by atoms with E-state index in [2.05, 4.69) is 29.8 Å². The summed E-state index contributed by atoms with van der Waals surface area (Å²) < 4.78 is 5.59. The van der Waals surface area contributed by atoms with Gasteiger partial charge in [-0.15, -0.1) is 11.3 Å². The summed E-state index contributed by atoms with van der Waals surface area (Å²) in [7, 11) is 0. The number of amides is 1. The maximum atomic E-state index is 12.5. The van der Waals surface area contributed by atoms with Crippen molar-refractivity contribution in [3.05, 3.63) is 22.4 Å². The van der Waals surface area contributed by atoms with Gasteiger partial charge >= 0.3 is 6.09 Å². The number of ether oxygens (including phenoxy) is 1. The Labute approximate surface area is 150 Å². The molecule has 1 fully saturated rings. The molecule has 24 heavy (non-hydrogen) atoms. The molecule has 136 valence electrons. The maximum absolute atomic E-state index is 12.5. The van der Waals surface area contributed by atoms with Crippen LogP contribution >= 0.6 is 11.3 Å². The number of hydrogen-bond donors (Lipinski definition) is 1. The second kappa shape index (κ2) is 8.86. The topological polar surface area (TPSA) is 41.6 Å². The first kappa shape index (κ1) is 19.3. The normalized spacial score (nSPS) is 20.0. The smallest absolute Gasteiger partial charge is 0.410 e. The van der Waals surface area contributed by atoms with Gasteiger partial charge in [0.05, 0.1) is 0 Å². The van der Waals surface area contributed by atoms with Crippen molar-refractivity contribution in [3.63, 3.8) is 0 Å². The highest BCUT2D eigenvalue weighted by atomic mass is 32.1. The Hall–Kier alpha value is -1.07. The van der Waals surface area contributed by atoms with Gasteiger partial charge in [-0.05, 0) is 71.2 Å². The van der Waals surface area contributed by atoms with Crippen LogP contribution in [0.3, 0.4) is 0 Å². The summed E-state index contributed by atoms with van der Waals surface area (Å²) in [5, 5.41) is 5.73. The summed E-state index contributed by atoms with van der Waals surface area (Å²) in [5.74, 6) is 0. The minimum Gasteiger partial charge on any atom is -0.444 e. The third kappa shape index (κ3) is 6.44. The first-order chi connectivity index (χ1) is 11.3. The molecular weight excluding hydrogens is 320 g/mol. The van der Waals surface area contributed by atoms with Crippen molar-refractivity contribution in [1.29, 1.82) is 0 Å². The lowest BCUT2D eigenvalue weighted by Gasteiger charge is -2.38. The van der Waals surface area contributed by atoms with Gasteiger partial charge in [-0.1, -0.05) is 6.07 Å². The molecule has 4 nitrogen and oxygen atoms in total. The molecule has 1 aromatic heterocycles. The van der Waals surface area contributed by atoms with Crippen LogP contribution in [0.2, 0.25) is 0 Å². The molecule has 2 heterocycles. The van der Waals surface area contributed by atoms with E-state index in [9.17, 15) is 4.79 Å². The van der Waals surface area contributed by atoms with E-state index in [1.165, 1.54) is 11.3 Å². The summed E-state index contributed by atoms with van der Waals surface area (Å²) in [4.78, 5) is 15.8. The molecule has 0 saturated carbocycles. The number of thiophene rings is 1. The molecule has 5 heteroatoms. The molecule has 1 aliphatic rings. The van der Waals surface area contributed by atoms with Crippen LogP contribution in [0, 0.1) is 0 Å². The maximum Gasteiger partial charge on any atom is 0.410 e. The summed E-state index contributed by atoms with van der Waals surface area (Å²) in [6.45, 7) is 9.81. The van der Waals surface area contributed by atoms with E-state index in [-0.39, 0.29) is 12.1 Å². The van der Waals surface area contributed by atoms with E-state index in [0.29, 0.717) is 6.04 Å². The number of nitrogens with one attached hydrogen (secondary N) is 1. The number of hydrogen-bond acceptors (Lipinski definition) is 4. The van der Waals surface area contributed by atoms with Gasteiger partial charge in [-0.25, -0.2) is 4.79 Å². The third-order valence-electron chi connectivity index (χ3n) is 4.33. The lowest BCUT2D eigenvalue weighted by Crippen LogP contribution is -2.48. The fourth-order valence-electron chi connectivity index (χ4n) is 3.19. The zero-order valence-corrected chi connectivity index (χ0v) is 16.3. The van der Waals surface area contributed by atoms with E-state index >= 15 is 0 Å². The fraction of sp³-hybridized carbons (Fsp3) is 0.737. The molecule has 0 bridgehead atoms. The van der Waals surface area contributed by atoms with Gasteiger partial charge in [0, 0.05) is 30.1 Å². The lowest BCUT2D eigenvalue weighted by atomic mass is 9.96. The van der Waals surface area contributed by atoms with Crippen molar-refractivity contribution < 1.29 is 9.53 Å². The Kier molecular flexibility index (Phi) is 7.11. The van der Waals surface area contributed by atoms with Gasteiger partial charge in [0.25, 0.3) is 0 Å². The van der Waals surface area contributed by atoms with Gasteiger partial charge in [0.1, 0.15) is 5.60 Å². The predicted octanol–water partition coefficient (Wildman–Crippen LogP) is 4.45. The standard InChI is InChI=1S/C19H32N2O2S/c1-15(20-11-10-17-9-7-13-24-17)14-16-8-5-6-12-21(16)18(22)23-19(2,3)4/h7,9,13,15-16,20H,5-6,8,10-12,14H2,1-4H3. The number of carbonyl (C=O) groups excluding carboxylic acids is 1. The van der Waals surface area contributed by atoms with Crippen LogP contribution in [-0.4, -0.2) is 41.8 Å². The average molecular weight is 353 g/mol. The molecule has 1 aromatic rings. The first-order valence-corrected chi connectivity index (χ1v) is 9.98. The first-order valence-electron chi connectivity index (χ1n) is 9.10. The molecule has 2 rings (SSSR count). The van der Waals surface area contributed by atoms with E-state index in [1.807, 2.05) is 37.0 Å². The minimum atomic E-state index is -0.427. The van der Waals surface area contributed by atoms with Crippen LogP contribution in [0.1, 0.15) is 58.3 Å². The molecule has 2 atom stereocenters. The number of nitrogens with zero attached hydrogens (tertiary/aromatic N) is 1. The van der Waals surface area contributed by atoms with Crippen LogP contribution < -0.4 is 5.32 Å². The summed E-state index contributed by atoms with van der Waals surface area (Å²) >= 11 is 1.81. The van der Waals surface area contributed by atoms with Crippen molar-refractivity contribution in [1.82, 2.24) is 10.2 Å². The van der Waals surface area contributed by atoms with Gasteiger partial charge in [0.2, 0.25) is 0 Å². The number of carbonyl (C=O) groups is 1. The molecule has 1 N–H and O–H groups in total. The molecule has 1 saturated heterocycles. The zero-order chi connectivity index (χ0) is 17.6. The lowest BCUT2D eigenvalue weighted by molar-refractivity contribution is 0.00792. The predicted molar refractivity (Wildman–Crippen MR) is 101 cm³/mol.